The van der Waals surface area contributed by atoms with Crippen LogP contribution in [-0.4, -0.2) is 31.0 Å². The van der Waals surface area contributed by atoms with E-state index in [-0.39, 0.29) is 32.0 Å². The molecule has 26 heavy (non-hydrogen) atoms. The molecule has 0 bridgehead atoms. The molecule has 7 heteroatoms. The first-order chi connectivity index (χ1) is 12.5. The van der Waals surface area contributed by atoms with Crippen LogP contribution in [0.4, 0.5) is 4.79 Å². The van der Waals surface area contributed by atoms with Gasteiger partial charge in [-0.2, -0.15) is 0 Å². The fourth-order valence-corrected chi connectivity index (χ4v) is 2.24. The lowest BCUT2D eigenvalue weighted by molar-refractivity contribution is -0.142. The predicted octanol–water partition coefficient (Wildman–Crippen LogP) is 3.49. The number of benzene rings is 2. The van der Waals surface area contributed by atoms with Crippen LogP contribution in [0.2, 0.25) is 0 Å². The number of ether oxygens (including phenoxy) is 2. The Morgan fingerprint density at radius 3 is 2.31 bits per heavy atom. The number of carbonyl (C=O) groups excluding carboxylic acids is 3. The number of rotatable bonds is 8. The van der Waals surface area contributed by atoms with Crippen molar-refractivity contribution in [2.45, 2.75) is 13.0 Å². The Morgan fingerprint density at radius 1 is 0.923 bits per heavy atom. The predicted molar refractivity (Wildman–Crippen MR) is 98.7 cm³/mol. The second kappa shape index (κ2) is 10.4. The van der Waals surface area contributed by atoms with Crippen LogP contribution in [0.15, 0.2) is 59.1 Å². The molecule has 0 spiro atoms. The number of alkyl carbamates (subject to hydrolysis) is 1. The zero-order valence-corrected chi connectivity index (χ0v) is 15.5. The molecule has 0 fully saturated rings. The molecule has 0 atom stereocenters. The lowest BCUT2D eigenvalue weighted by atomic mass is 10.1. The molecule has 0 aliphatic carbocycles. The molecule has 2 rings (SSSR count). The molecule has 2 aromatic rings. The summed E-state index contributed by atoms with van der Waals surface area (Å²) in [6.07, 6.45) is -0.666. The molecule has 0 aliphatic heterocycles. The largest absolute Gasteiger partial charge is 0.457 e. The van der Waals surface area contributed by atoms with Crippen LogP contribution in [0, 0.1) is 0 Å². The maximum atomic E-state index is 11.9. The van der Waals surface area contributed by atoms with Gasteiger partial charge in [0, 0.05) is 16.6 Å². The number of halogens is 1. The highest BCUT2D eigenvalue weighted by atomic mass is 79.9. The van der Waals surface area contributed by atoms with Gasteiger partial charge in [-0.25, -0.2) is 4.79 Å². The number of ketones is 1. The van der Waals surface area contributed by atoms with Gasteiger partial charge in [-0.3, -0.25) is 9.59 Å². The van der Waals surface area contributed by atoms with E-state index < -0.39 is 12.1 Å². The Hall–Kier alpha value is -2.67. The molecule has 2 aromatic carbocycles. The van der Waals surface area contributed by atoms with E-state index in [0.29, 0.717) is 5.56 Å². The van der Waals surface area contributed by atoms with Gasteiger partial charge < -0.3 is 14.8 Å². The summed E-state index contributed by atoms with van der Waals surface area (Å²) in [6, 6.07) is 16.0. The van der Waals surface area contributed by atoms with Crippen molar-refractivity contribution in [3.8, 4) is 0 Å². The summed E-state index contributed by atoms with van der Waals surface area (Å²) in [5, 5.41) is 2.46. The van der Waals surface area contributed by atoms with Crippen molar-refractivity contribution in [2.75, 3.05) is 13.2 Å². The number of hydrogen-bond acceptors (Lipinski definition) is 5. The summed E-state index contributed by atoms with van der Waals surface area (Å²) in [5.74, 6) is -0.861. The van der Waals surface area contributed by atoms with Crippen LogP contribution in [0.3, 0.4) is 0 Å². The minimum atomic E-state index is -0.618. The molecule has 1 N–H and O–H groups in total. The lowest BCUT2D eigenvalue weighted by Crippen LogP contribution is -2.27. The third-order valence-corrected chi connectivity index (χ3v) is 3.87. The average molecular weight is 420 g/mol. The fraction of sp³-hybridized carbons (Fsp3) is 0.211. The molecule has 0 aromatic heterocycles. The zero-order chi connectivity index (χ0) is 18.8. The minimum absolute atomic E-state index is 0.0476. The van der Waals surface area contributed by atoms with Crippen molar-refractivity contribution in [3.05, 3.63) is 70.2 Å². The van der Waals surface area contributed by atoms with E-state index >= 15 is 0 Å². The molecule has 0 heterocycles. The SMILES string of the molecule is O=C(CCNC(=O)OCc1ccccc1)OCC(=O)c1ccc(Br)cc1. The van der Waals surface area contributed by atoms with Crippen LogP contribution < -0.4 is 5.32 Å². The van der Waals surface area contributed by atoms with Crippen molar-refractivity contribution in [1.82, 2.24) is 5.32 Å². The van der Waals surface area contributed by atoms with Gasteiger partial charge in [-0.15, -0.1) is 0 Å². The molecular weight excluding hydrogens is 402 g/mol. The van der Waals surface area contributed by atoms with E-state index in [1.807, 2.05) is 30.3 Å². The van der Waals surface area contributed by atoms with Crippen LogP contribution in [0.5, 0.6) is 0 Å². The monoisotopic (exact) mass is 419 g/mol. The summed E-state index contributed by atoms with van der Waals surface area (Å²) in [6.45, 7) is -0.114. The van der Waals surface area contributed by atoms with Crippen molar-refractivity contribution in [3.63, 3.8) is 0 Å². The summed E-state index contributed by atoms with van der Waals surface area (Å²) in [7, 11) is 0. The van der Waals surface area contributed by atoms with E-state index in [2.05, 4.69) is 21.2 Å². The van der Waals surface area contributed by atoms with Gasteiger partial charge in [0.05, 0.1) is 6.42 Å². The highest BCUT2D eigenvalue weighted by Crippen LogP contribution is 2.11. The Balaban J connectivity index is 1.60. The normalized spacial score (nSPS) is 10.0. The van der Waals surface area contributed by atoms with Crippen LogP contribution in [-0.2, 0) is 20.9 Å². The van der Waals surface area contributed by atoms with Gasteiger partial charge in [0.25, 0.3) is 0 Å². The number of nitrogens with one attached hydrogen (secondary N) is 1. The first-order valence-electron chi connectivity index (χ1n) is 7.93. The third kappa shape index (κ3) is 7.06. The number of hydrogen-bond donors (Lipinski definition) is 1. The maximum Gasteiger partial charge on any atom is 0.407 e. The molecule has 0 saturated carbocycles. The second-order valence-corrected chi connectivity index (χ2v) is 6.24. The Morgan fingerprint density at radius 2 is 1.62 bits per heavy atom. The summed E-state index contributed by atoms with van der Waals surface area (Å²) in [4.78, 5) is 35.0. The third-order valence-electron chi connectivity index (χ3n) is 3.34. The van der Waals surface area contributed by atoms with E-state index in [9.17, 15) is 14.4 Å². The van der Waals surface area contributed by atoms with Crippen LogP contribution in [0.25, 0.3) is 0 Å². The van der Waals surface area contributed by atoms with E-state index in [4.69, 9.17) is 9.47 Å². The number of Topliss-reactive ketones (excluding diaryl/α,β-unsaturated/α-hetero) is 1. The quantitative estimate of drug-likeness (QED) is 0.522. The van der Waals surface area contributed by atoms with E-state index in [1.54, 1.807) is 24.3 Å². The molecule has 1 amide bonds. The first-order valence-corrected chi connectivity index (χ1v) is 8.73. The second-order valence-electron chi connectivity index (χ2n) is 5.33. The minimum Gasteiger partial charge on any atom is -0.457 e. The van der Waals surface area contributed by atoms with E-state index in [0.717, 1.165) is 10.0 Å². The smallest absolute Gasteiger partial charge is 0.407 e. The Kier molecular flexibility index (Phi) is 7.82. The molecule has 0 saturated heterocycles. The van der Waals surface area contributed by atoms with E-state index in [1.165, 1.54) is 0 Å². The number of carbonyl (C=O) groups is 3. The van der Waals surface area contributed by atoms with Gasteiger partial charge in [-0.1, -0.05) is 58.4 Å². The Labute approximate surface area is 159 Å². The highest BCUT2D eigenvalue weighted by molar-refractivity contribution is 9.10. The van der Waals surface area contributed by atoms with Gasteiger partial charge >= 0.3 is 12.1 Å². The number of esters is 1. The van der Waals surface area contributed by atoms with Crippen LogP contribution >= 0.6 is 15.9 Å². The summed E-state index contributed by atoms with van der Waals surface area (Å²) in [5.41, 5.74) is 1.33. The van der Waals surface area contributed by atoms with Crippen molar-refractivity contribution >= 4 is 33.8 Å². The average Bonchev–Trinajstić information content (AvgIpc) is 2.66. The molecule has 136 valence electrons. The van der Waals surface area contributed by atoms with Crippen molar-refractivity contribution in [1.29, 1.82) is 0 Å². The topological polar surface area (TPSA) is 81.7 Å². The highest BCUT2D eigenvalue weighted by Gasteiger charge is 2.10. The molecule has 0 radical (unpaired) electrons. The van der Waals surface area contributed by atoms with Crippen molar-refractivity contribution < 1.29 is 23.9 Å². The zero-order valence-electron chi connectivity index (χ0n) is 13.9. The molecular formula is C19H18BrNO5. The van der Waals surface area contributed by atoms with Gasteiger partial charge in [-0.05, 0) is 17.7 Å². The molecule has 0 unspecified atom stereocenters. The molecule has 0 aliphatic rings. The van der Waals surface area contributed by atoms with Gasteiger partial charge in [0.15, 0.2) is 12.4 Å². The lowest BCUT2D eigenvalue weighted by Gasteiger charge is -2.07. The Bertz CT molecular complexity index is 746. The summed E-state index contributed by atoms with van der Waals surface area (Å²) < 4.78 is 10.8. The maximum absolute atomic E-state index is 11.9. The van der Waals surface area contributed by atoms with Gasteiger partial charge in [0.2, 0.25) is 0 Å². The standard InChI is InChI=1S/C19H18BrNO5/c20-16-8-6-15(7-9-16)17(22)13-25-18(23)10-11-21-19(24)26-12-14-4-2-1-3-5-14/h1-9H,10-13H2,(H,21,24). The van der Waals surface area contributed by atoms with Crippen molar-refractivity contribution in [2.24, 2.45) is 0 Å². The fourth-order valence-electron chi connectivity index (χ4n) is 1.98. The van der Waals surface area contributed by atoms with Crippen LogP contribution in [0.1, 0.15) is 22.3 Å². The van der Waals surface area contributed by atoms with Gasteiger partial charge in [0.1, 0.15) is 6.61 Å². The first kappa shape index (κ1) is 19.7. The molecule has 6 nitrogen and oxygen atoms in total. The number of amides is 1. The summed E-state index contributed by atoms with van der Waals surface area (Å²) >= 11 is 3.28.